The number of rotatable bonds is 5. The van der Waals surface area contributed by atoms with Crippen LogP contribution < -0.4 is 4.72 Å². The van der Waals surface area contributed by atoms with Crippen LogP contribution >= 0.6 is 0 Å². The summed E-state index contributed by atoms with van der Waals surface area (Å²) in [6, 6.07) is 8.35. The van der Waals surface area contributed by atoms with Crippen molar-refractivity contribution in [3.8, 4) is 11.4 Å². The highest BCUT2D eigenvalue weighted by Gasteiger charge is 2.21. The lowest BCUT2D eigenvalue weighted by molar-refractivity contribution is -0.384. The van der Waals surface area contributed by atoms with Gasteiger partial charge in [-0.2, -0.15) is 0 Å². The summed E-state index contributed by atoms with van der Waals surface area (Å²) >= 11 is 0. The Kier molecular flexibility index (Phi) is 5.20. The Morgan fingerprint density at radius 1 is 1.07 bits per heavy atom. The summed E-state index contributed by atoms with van der Waals surface area (Å²) in [4.78, 5) is 9.99. The Labute approximate surface area is 171 Å². The van der Waals surface area contributed by atoms with Gasteiger partial charge in [0.05, 0.1) is 15.4 Å². The third-order valence-corrected chi connectivity index (χ3v) is 6.32. The largest absolute Gasteiger partial charge is 0.311 e. The molecule has 156 valence electrons. The maximum Gasteiger partial charge on any atom is 0.269 e. The molecule has 9 nitrogen and oxygen atoms in total. The number of aromatic nitrogens is 3. The van der Waals surface area contributed by atoms with E-state index in [-0.39, 0.29) is 21.8 Å². The minimum Gasteiger partial charge on any atom is -0.311 e. The first-order valence-corrected chi connectivity index (χ1v) is 10.8. The molecule has 0 atom stereocenters. The van der Waals surface area contributed by atoms with Gasteiger partial charge in [-0.25, -0.2) is 12.8 Å². The molecule has 0 saturated heterocycles. The molecule has 0 unspecified atom stereocenters. The molecule has 4 rings (SSSR count). The lowest BCUT2D eigenvalue weighted by Gasteiger charge is -2.11. The topological polar surface area (TPSA) is 120 Å². The third-order valence-electron chi connectivity index (χ3n) is 4.93. The van der Waals surface area contributed by atoms with Crippen molar-refractivity contribution in [2.45, 2.75) is 37.1 Å². The molecular formula is C19H18FN5O4S. The standard InChI is InChI=1S/C19H18FN5O4S/c20-17-10-5-13(23-30(28,29)15-8-6-14(7-9-15)25(26)27)12-16(17)19-22-21-18-4-2-1-3-11-24(18)19/h5-10,12,23H,1-4,11H2. The van der Waals surface area contributed by atoms with Crippen LogP contribution in [0.25, 0.3) is 11.4 Å². The molecule has 1 aliphatic heterocycles. The number of nitrogens with zero attached hydrogens (tertiary/aromatic N) is 4. The predicted octanol–water partition coefficient (Wildman–Crippen LogP) is 3.52. The zero-order valence-corrected chi connectivity index (χ0v) is 16.6. The van der Waals surface area contributed by atoms with Gasteiger partial charge >= 0.3 is 0 Å². The van der Waals surface area contributed by atoms with Crippen LogP contribution in [0.3, 0.4) is 0 Å². The number of non-ortho nitro benzene ring substituents is 1. The summed E-state index contributed by atoms with van der Waals surface area (Å²) in [5.74, 6) is 0.618. The van der Waals surface area contributed by atoms with E-state index in [0.29, 0.717) is 12.4 Å². The summed E-state index contributed by atoms with van der Waals surface area (Å²) in [5, 5.41) is 19.0. The van der Waals surface area contributed by atoms with Crippen molar-refractivity contribution < 1.29 is 17.7 Å². The molecule has 1 aliphatic rings. The van der Waals surface area contributed by atoms with E-state index in [1.165, 1.54) is 18.2 Å². The second kappa shape index (κ2) is 7.82. The predicted molar refractivity (Wildman–Crippen MR) is 107 cm³/mol. The molecule has 2 aromatic carbocycles. The van der Waals surface area contributed by atoms with E-state index < -0.39 is 20.8 Å². The molecule has 11 heteroatoms. The second-order valence-electron chi connectivity index (χ2n) is 6.95. The first-order chi connectivity index (χ1) is 14.3. The summed E-state index contributed by atoms with van der Waals surface area (Å²) in [7, 11) is -4.02. The van der Waals surface area contributed by atoms with Crippen molar-refractivity contribution in [3.63, 3.8) is 0 Å². The number of nitrogens with one attached hydrogen (secondary N) is 1. The Balaban J connectivity index is 1.65. The molecule has 2 heterocycles. The van der Waals surface area contributed by atoms with Crippen molar-refractivity contribution in [2.24, 2.45) is 0 Å². The average molecular weight is 431 g/mol. The van der Waals surface area contributed by atoms with E-state index in [2.05, 4.69) is 14.9 Å². The first kappa shape index (κ1) is 20.0. The van der Waals surface area contributed by atoms with Gasteiger partial charge in [-0.05, 0) is 43.2 Å². The maximum atomic E-state index is 14.6. The zero-order chi connectivity index (χ0) is 21.3. The van der Waals surface area contributed by atoms with Gasteiger partial charge in [-0.3, -0.25) is 14.8 Å². The average Bonchev–Trinajstić information content (AvgIpc) is 2.97. The van der Waals surface area contributed by atoms with Crippen LogP contribution in [-0.4, -0.2) is 28.1 Å². The van der Waals surface area contributed by atoms with Gasteiger partial charge in [0.1, 0.15) is 11.6 Å². The highest BCUT2D eigenvalue weighted by Crippen LogP contribution is 2.28. The quantitative estimate of drug-likeness (QED) is 0.487. The SMILES string of the molecule is O=[N+]([O-])c1ccc(S(=O)(=O)Nc2ccc(F)c(-c3nnc4n3CCCCC4)c2)cc1. The van der Waals surface area contributed by atoms with Crippen molar-refractivity contribution in [1.82, 2.24) is 14.8 Å². The van der Waals surface area contributed by atoms with Crippen LogP contribution in [0.15, 0.2) is 47.4 Å². The van der Waals surface area contributed by atoms with E-state index in [0.717, 1.165) is 55.8 Å². The monoisotopic (exact) mass is 431 g/mol. The van der Waals surface area contributed by atoms with Gasteiger partial charge in [-0.15, -0.1) is 10.2 Å². The van der Waals surface area contributed by atoms with Gasteiger partial charge in [0.2, 0.25) is 0 Å². The smallest absolute Gasteiger partial charge is 0.269 e. The molecular weight excluding hydrogens is 413 g/mol. The van der Waals surface area contributed by atoms with Crippen LogP contribution in [-0.2, 0) is 23.0 Å². The normalized spacial score (nSPS) is 14.0. The number of nitro groups is 1. The number of hydrogen-bond acceptors (Lipinski definition) is 6. The number of benzene rings is 2. The number of fused-ring (bicyclic) bond motifs is 1. The van der Waals surface area contributed by atoms with Crippen LogP contribution in [0.5, 0.6) is 0 Å². The van der Waals surface area contributed by atoms with Crippen molar-refractivity contribution in [2.75, 3.05) is 4.72 Å². The Morgan fingerprint density at radius 2 is 1.83 bits per heavy atom. The lowest BCUT2D eigenvalue weighted by atomic mass is 10.1. The van der Waals surface area contributed by atoms with E-state index in [1.54, 1.807) is 0 Å². The minimum absolute atomic E-state index is 0.143. The Morgan fingerprint density at radius 3 is 2.57 bits per heavy atom. The van der Waals surface area contributed by atoms with Gasteiger partial charge in [0.15, 0.2) is 5.82 Å². The molecule has 0 saturated carbocycles. The molecule has 1 N–H and O–H groups in total. The first-order valence-electron chi connectivity index (χ1n) is 9.34. The molecule has 30 heavy (non-hydrogen) atoms. The Bertz CT molecular complexity index is 1210. The highest BCUT2D eigenvalue weighted by atomic mass is 32.2. The molecule has 0 bridgehead atoms. The van der Waals surface area contributed by atoms with Crippen LogP contribution in [0, 0.1) is 15.9 Å². The fourth-order valence-corrected chi connectivity index (χ4v) is 4.45. The molecule has 0 aliphatic carbocycles. The second-order valence-corrected chi connectivity index (χ2v) is 8.64. The minimum atomic E-state index is -4.02. The summed E-state index contributed by atoms with van der Waals surface area (Å²) in [6.45, 7) is 0.676. The molecule has 1 aromatic heterocycles. The van der Waals surface area contributed by atoms with Crippen molar-refractivity contribution in [3.05, 3.63) is 64.2 Å². The zero-order valence-electron chi connectivity index (χ0n) is 15.8. The van der Waals surface area contributed by atoms with Crippen LogP contribution in [0.2, 0.25) is 0 Å². The maximum absolute atomic E-state index is 14.6. The number of aryl methyl sites for hydroxylation is 1. The number of sulfonamides is 1. The van der Waals surface area contributed by atoms with E-state index in [1.807, 2.05) is 4.57 Å². The van der Waals surface area contributed by atoms with E-state index in [9.17, 15) is 22.9 Å². The fourth-order valence-electron chi connectivity index (χ4n) is 3.41. The summed E-state index contributed by atoms with van der Waals surface area (Å²) in [6.07, 6.45) is 3.75. The summed E-state index contributed by atoms with van der Waals surface area (Å²) in [5.41, 5.74) is 0.0841. The Hall–Kier alpha value is -3.34. The van der Waals surface area contributed by atoms with Gasteiger partial charge in [0, 0.05) is 30.8 Å². The molecule has 0 fully saturated rings. The van der Waals surface area contributed by atoms with Crippen LogP contribution in [0.4, 0.5) is 15.8 Å². The van der Waals surface area contributed by atoms with Crippen molar-refractivity contribution in [1.29, 1.82) is 0 Å². The third kappa shape index (κ3) is 3.88. The fraction of sp³-hybridized carbons (Fsp3) is 0.263. The number of nitro benzene ring substituents is 1. The van der Waals surface area contributed by atoms with Gasteiger partial charge in [-0.1, -0.05) is 6.42 Å². The van der Waals surface area contributed by atoms with Gasteiger partial charge < -0.3 is 4.57 Å². The molecule has 0 spiro atoms. The molecule has 0 amide bonds. The van der Waals surface area contributed by atoms with Gasteiger partial charge in [0.25, 0.3) is 15.7 Å². The highest BCUT2D eigenvalue weighted by molar-refractivity contribution is 7.92. The van der Waals surface area contributed by atoms with Crippen molar-refractivity contribution >= 4 is 21.4 Å². The number of halogens is 1. The van der Waals surface area contributed by atoms with E-state index >= 15 is 0 Å². The number of anilines is 1. The van der Waals surface area contributed by atoms with E-state index in [4.69, 9.17) is 0 Å². The summed E-state index contributed by atoms with van der Waals surface area (Å²) < 4.78 is 44.1. The molecule has 0 radical (unpaired) electrons. The lowest BCUT2D eigenvalue weighted by Crippen LogP contribution is -2.13. The molecule has 3 aromatic rings. The van der Waals surface area contributed by atoms with Crippen LogP contribution in [0.1, 0.15) is 25.1 Å². The number of hydrogen-bond donors (Lipinski definition) is 1.